The molecule has 0 aromatic carbocycles. The fourth-order valence-corrected chi connectivity index (χ4v) is 2.13. The Labute approximate surface area is 91.7 Å². The van der Waals surface area contributed by atoms with Gasteiger partial charge in [0.2, 0.25) is 0 Å². The molecule has 2 unspecified atom stereocenters. The number of imidazole rings is 1. The molecule has 1 fully saturated rings. The monoisotopic (exact) mass is 217 g/mol. The van der Waals surface area contributed by atoms with E-state index in [0.717, 1.165) is 17.0 Å². The van der Waals surface area contributed by atoms with E-state index in [0.29, 0.717) is 6.42 Å². The van der Waals surface area contributed by atoms with Crippen LogP contribution < -0.4 is 0 Å². The standard InChI is InChI=1S/C11H11N3O2/c1-14-9(6-5-7(6)11(15)16)13-8-3-2-4-12-10(8)14/h2-4,6-7H,5H2,1H3,(H,15,16). The molecule has 82 valence electrons. The third-order valence-electron chi connectivity index (χ3n) is 3.10. The highest BCUT2D eigenvalue weighted by Gasteiger charge is 2.47. The number of nitrogens with zero attached hydrogens (tertiary/aromatic N) is 3. The van der Waals surface area contributed by atoms with E-state index in [4.69, 9.17) is 5.11 Å². The molecule has 3 rings (SSSR count). The number of aryl methyl sites for hydroxylation is 1. The Morgan fingerprint density at radius 2 is 2.44 bits per heavy atom. The summed E-state index contributed by atoms with van der Waals surface area (Å²) in [6.07, 6.45) is 2.40. The number of hydrogen-bond acceptors (Lipinski definition) is 3. The third kappa shape index (κ3) is 1.21. The summed E-state index contributed by atoms with van der Waals surface area (Å²) in [5, 5.41) is 8.90. The zero-order valence-electron chi connectivity index (χ0n) is 8.79. The van der Waals surface area contributed by atoms with Gasteiger partial charge in [0.25, 0.3) is 0 Å². The Morgan fingerprint density at radius 1 is 1.62 bits per heavy atom. The number of aromatic nitrogens is 3. The summed E-state index contributed by atoms with van der Waals surface area (Å²) in [7, 11) is 1.88. The Hall–Kier alpha value is -1.91. The summed E-state index contributed by atoms with van der Waals surface area (Å²) >= 11 is 0. The normalized spacial score (nSPS) is 23.6. The molecule has 1 N–H and O–H groups in total. The second-order valence-electron chi connectivity index (χ2n) is 4.16. The first-order chi connectivity index (χ1) is 7.68. The summed E-state index contributed by atoms with van der Waals surface area (Å²) in [5.74, 6) is -0.113. The molecule has 0 aliphatic heterocycles. The lowest BCUT2D eigenvalue weighted by atomic mass is 10.3. The van der Waals surface area contributed by atoms with Crippen molar-refractivity contribution in [2.24, 2.45) is 13.0 Å². The molecule has 16 heavy (non-hydrogen) atoms. The van der Waals surface area contributed by atoms with Crippen molar-refractivity contribution in [1.29, 1.82) is 0 Å². The van der Waals surface area contributed by atoms with Gasteiger partial charge in [0.05, 0.1) is 5.92 Å². The number of carbonyl (C=O) groups is 1. The number of aliphatic carboxylic acids is 1. The second-order valence-corrected chi connectivity index (χ2v) is 4.16. The molecule has 5 nitrogen and oxygen atoms in total. The van der Waals surface area contributed by atoms with Crippen LogP contribution in [0, 0.1) is 5.92 Å². The number of carboxylic acid groups (broad SMARTS) is 1. The fourth-order valence-electron chi connectivity index (χ4n) is 2.13. The van der Waals surface area contributed by atoms with Gasteiger partial charge >= 0.3 is 5.97 Å². The molecule has 0 radical (unpaired) electrons. The number of carboxylic acids is 1. The van der Waals surface area contributed by atoms with Crippen molar-refractivity contribution in [3.8, 4) is 0 Å². The molecule has 0 amide bonds. The smallest absolute Gasteiger partial charge is 0.307 e. The molecule has 1 saturated carbocycles. The molecule has 0 bridgehead atoms. The molecule has 1 aliphatic rings. The van der Waals surface area contributed by atoms with E-state index in [1.807, 2.05) is 23.7 Å². The maximum atomic E-state index is 10.8. The minimum atomic E-state index is -0.731. The zero-order chi connectivity index (χ0) is 11.3. The number of hydrogen-bond donors (Lipinski definition) is 1. The van der Waals surface area contributed by atoms with Gasteiger partial charge in [-0.1, -0.05) is 0 Å². The van der Waals surface area contributed by atoms with Crippen LogP contribution in [-0.2, 0) is 11.8 Å². The van der Waals surface area contributed by atoms with Gasteiger partial charge in [0, 0.05) is 19.2 Å². The summed E-state index contributed by atoms with van der Waals surface area (Å²) in [6, 6.07) is 3.73. The van der Waals surface area contributed by atoms with Gasteiger partial charge in [-0.15, -0.1) is 0 Å². The van der Waals surface area contributed by atoms with Gasteiger partial charge in [0.15, 0.2) is 5.65 Å². The topological polar surface area (TPSA) is 68.0 Å². The Kier molecular flexibility index (Phi) is 1.77. The maximum absolute atomic E-state index is 10.8. The van der Waals surface area contributed by atoms with E-state index < -0.39 is 5.97 Å². The molecular weight excluding hydrogens is 206 g/mol. The summed E-state index contributed by atoms with van der Waals surface area (Å²) in [6.45, 7) is 0. The molecule has 5 heteroatoms. The fraction of sp³-hybridized carbons (Fsp3) is 0.364. The average molecular weight is 217 g/mol. The highest BCUT2D eigenvalue weighted by atomic mass is 16.4. The van der Waals surface area contributed by atoms with E-state index in [9.17, 15) is 4.79 Å². The van der Waals surface area contributed by atoms with Gasteiger partial charge in [-0.3, -0.25) is 4.79 Å². The zero-order valence-corrected chi connectivity index (χ0v) is 8.79. The van der Waals surface area contributed by atoms with Crippen LogP contribution in [0.4, 0.5) is 0 Å². The number of rotatable bonds is 2. The molecule has 1 aliphatic carbocycles. The molecular formula is C11H11N3O2. The highest BCUT2D eigenvalue weighted by molar-refractivity contribution is 5.76. The van der Waals surface area contributed by atoms with E-state index in [-0.39, 0.29) is 11.8 Å². The highest BCUT2D eigenvalue weighted by Crippen LogP contribution is 2.47. The van der Waals surface area contributed by atoms with Crippen molar-refractivity contribution < 1.29 is 9.90 Å². The van der Waals surface area contributed by atoms with Crippen LogP contribution in [0.1, 0.15) is 18.2 Å². The van der Waals surface area contributed by atoms with Crippen molar-refractivity contribution in [1.82, 2.24) is 14.5 Å². The predicted molar refractivity (Wildman–Crippen MR) is 57.0 cm³/mol. The number of pyridine rings is 1. The predicted octanol–water partition coefficient (Wildman–Crippen LogP) is 1.16. The van der Waals surface area contributed by atoms with E-state index in [1.54, 1.807) is 6.20 Å². The maximum Gasteiger partial charge on any atom is 0.307 e. The van der Waals surface area contributed by atoms with Crippen molar-refractivity contribution in [2.75, 3.05) is 0 Å². The first-order valence-corrected chi connectivity index (χ1v) is 5.18. The molecule has 2 atom stereocenters. The molecule has 2 aromatic rings. The van der Waals surface area contributed by atoms with Gasteiger partial charge in [-0.25, -0.2) is 9.97 Å². The average Bonchev–Trinajstić information content (AvgIpc) is 3.00. The Morgan fingerprint density at radius 3 is 3.06 bits per heavy atom. The Balaban J connectivity index is 2.06. The van der Waals surface area contributed by atoms with Crippen LogP contribution in [0.5, 0.6) is 0 Å². The first kappa shape index (κ1) is 9.33. The molecule has 0 spiro atoms. The second kappa shape index (κ2) is 3.04. The van der Waals surface area contributed by atoms with Crippen molar-refractivity contribution in [3.63, 3.8) is 0 Å². The van der Waals surface area contributed by atoms with Crippen LogP contribution in [-0.4, -0.2) is 25.6 Å². The van der Waals surface area contributed by atoms with E-state index in [1.165, 1.54) is 0 Å². The van der Waals surface area contributed by atoms with Crippen LogP contribution in [0.3, 0.4) is 0 Å². The third-order valence-corrected chi connectivity index (χ3v) is 3.10. The van der Waals surface area contributed by atoms with Crippen LogP contribution in [0.15, 0.2) is 18.3 Å². The van der Waals surface area contributed by atoms with Crippen molar-refractivity contribution in [2.45, 2.75) is 12.3 Å². The van der Waals surface area contributed by atoms with Crippen LogP contribution >= 0.6 is 0 Å². The lowest BCUT2D eigenvalue weighted by Crippen LogP contribution is -2.03. The van der Waals surface area contributed by atoms with E-state index >= 15 is 0 Å². The van der Waals surface area contributed by atoms with Gasteiger partial charge < -0.3 is 9.67 Å². The van der Waals surface area contributed by atoms with E-state index in [2.05, 4.69) is 9.97 Å². The van der Waals surface area contributed by atoms with Gasteiger partial charge in [-0.2, -0.15) is 0 Å². The minimum absolute atomic E-state index is 0.0525. The van der Waals surface area contributed by atoms with Gasteiger partial charge in [0.1, 0.15) is 11.3 Å². The summed E-state index contributed by atoms with van der Waals surface area (Å²) < 4.78 is 1.89. The van der Waals surface area contributed by atoms with Crippen LogP contribution in [0.25, 0.3) is 11.2 Å². The van der Waals surface area contributed by atoms with Crippen molar-refractivity contribution >= 4 is 17.1 Å². The Bertz CT molecular complexity index is 576. The minimum Gasteiger partial charge on any atom is -0.481 e. The lowest BCUT2D eigenvalue weighted by molar-refractivity contribution is -0.138. The largest absolute Gasteiger partial charge is 0.481 e. The first-order valence-electron chi connectivity index (χ1n) is 5.18. The molecule has 2 heterocycles. The number of fused-ring (bicyclic) bond motifs is 1. The quantitative estimate of drug-likeness (QED) is 0.819. The van der Waals surface area contributed by atoms with Crippen molar-refractivity contribution in [3.05, 3.63) is 24.2 Å². The molecule has 0 saturated heterocycles. The lowest BCUT2D eigenvalue weighted by Gasteiger charge is -1.98. The van der Waals surface area contributed by atoms with Crippen LogP contribution in [0.2, 0.25) is 0 Å². The van der Waals surface area contributed by atoms with Gasteiger partial charge in [-0.05, 0) is 18.6 Å². The summed E-state index contributed by atoms with van der Waals surface area (Å²) in [4.78, 5) is 19.5. The molecule has 2 aromatic heterocycles. The SMILES string of the molecule is Cn1c(C2CC2C(=O)O)nc2cccnc21. The summed E-state index contributed by atoms with van der Waals surface area (Å²) in [5.41, 5.74) is 1.64.